The molecule has 0 radical (unpaired) electrons. The number of fused-ring (bicyclic) bond motifs is 2. The van der Waals surface area contributed by atoms with E-state index in [0.29, 0.717) is 0 Å². The molecule has 0 aliphatic carbocycles. The fourth-order valence-electron chi connectivity index (χ4n) is 4.61. The summed E-state index contributed by atoms with van der Waals surface area (Å²) in [5.41, 5.74) is 0.746. The predicted octanol–water partition coefficient (Wildman–Crippen LogP) is 3.62. The van der Waals surface area contributed by atoms with Crippen molar-refractivity contribution in [2.45, 2.75) is 47.8 Å². The summed E-state index contributed by atoms with van der Waals surface area (Å²) in [6.07, 6.45) is -5.43. The number of hydrogen-bond acceptors (Lipinski definition) is 4. The number of Topliss-reactive ketones (excluding diaryl/α,β-unsaturated/α-hetero) is 1. The molecular formula is C21H20F3NO3S. The van der Waals surface area contributed by atoms with E-state index in [1.54, 1.807) is 48.5 Å². The second kappa shape index (κ2) is 7.25. The number of carbonyl (C=O) groups excluding carboxylic acids is 1. The normalized spacial score (nSPS) is 27.9. The lowest BCUT2D eigenvalue weighted by atomic mass is 9.88. The van der Waals surface area contributed by atoms with Crippen LogP contribution in [0.4, 0.5) is 13.2 Å². The van der Waals surface area contributed by atoms with Gasteiger partial charge in [0.25, 0.3) is 0 Å². The van der Waals surface area contributed by atoms with E-state index in [0.717, 1.165) is 5.56 Å². The lowest BCUT2D eigenvalue weighted by Crippen LogP contribution is -2.55. The fourth-order valence-corrected chi connectivity index (χ4v) is 6.65. The van der Waals surface area contributed by atoms with Crippen molar-refractivity contribution in [2.24, 2.45) is 5.92 Å². The second-order valence-electron chi connectivity index (χ2n) is 7.62. The largest absolute Gasteiger partial charge is 0.393 e. The highest BCUT2D eigenvalue weighted by Gasteiger charge is 2.62. The van der Waals surface area contributed by atoms with Crippen LogP contribution in [0.3, 0.4) is 0 Å². The molecule has 4 rings (SSSR count). The summed E-state index contributed by atoms with van der Waals surface area (Å²) >= 11 is 0. The first-order valence-electron chi connectivity index (χ1n) is 9.37. The molecule has 4 atom stereocenters. The standard InChI is InChI=1S/C21H20F3NO3S/c22-21(23,24)16-11-18(26)17-12-19(29(27,28)15-9-5-2-6-10-15)20(16)25(17)13-14-7-3-1-4-8-14/h1-10,16-17,19-20H,11-13H2/t16?,17-,19+,20-/m1/s1. The van der Waals surface area contributed by atoms with Gasteiger partial charge in [0.1, 0.15) is 0 Å². The highest BCUT2D eigenvalue weighted by Crippen LogP contribution is 2.48. The van der Waals surface area contributed by atoms with Crippen molar-refractivity contribution in [3.8, 4) is 0 Å². The molecule has 8 heteroatoms. The van der Waals surface area contributed by atoms with E-state index >= 15 is 0 Å². The molecule has 2 saturated heterocycles. The zero-order valence-electron chi connectivity index (χ0n) is 15.4. The number of carbonyl (C=O) groups is 1. The number of halogens is 3. The van der Waals surface area contributed by atoms with Crippen LogP contribution in [0.15, 0.2) is 65.6 Å². The second-order valence-corrected chi connectivity index (χ2v) is 9.78. The van der Waals surface area contributed by atoms with E-state index in [9.17, 15) is 26.4 Å². The molecule has 0 N–H and O–H groups in total. The molecule has 0 saturated carbocycles. The van der Waals surface area contributed by atoms with E-state index < -0.39 is 51.5 Å². The number of piperidine rings is 1. The van der Waals surface area contributed by atoms with E-state index in [1.165, 1.54) is 17.0 Å². The predicted molar refractivity (Wildman–Crippen MR) is 101 cm³/mol. The van der Waals surface area contributed by atoms with Gasteiger partial charge in [-0.3, -0.25) is 9.69 Å². The molecule has 29 heavy (non-hydrogen) atoms. The van der Waals surface area contributed by atoms with Crippen molar-refractivity contribution < 1.29 is 26.4 Å². The summed E-state index contributed by atoms with van der Waals surface area (Å²) in [6.45, 7) is 0.106. The van der Waals surface area contributed by atoms with E-state index in [-0.39, 0.29) is 17.9 Å². The lowest BCUT2D eigenvalue weighted by Gasteiger charge is -2.41. The van der Waals surface area contributed by atoms with Crippen LogP contribution in [0.5, 0.6) is 0 Å². The third kappa shape index (κ3) is 3.59. The van der Waals surface area contributed by atoms with Crippen molar-refractivity contribution in [3.63, 3.8) is 0 Å². The third-order valence-electron chi connectivity index (χ3n) is 5.92. The average Bonchev–Trinajstić information content (AvgIpc) is 2.97. The van der Waals surface area contributed by atoms with Crippen LogP contribution >= 0.6 is 0 Å². The third-order valence-corrected chi connectivity index (χ3v) is 8.12. The van der Waals surface area contributed by atoms with Gasteiger partial charge in [-0.05, 0) is 24.1 Å². The number of rotatable bonds is 4. The molecule has 2 heterocycles. The first-order chi connectivity index (χ1) is 13.7. The first kappa shape index (κ1) is 20.1. The number of ketones is 1. The Morgan fingerprint density at radius 1 is 0.966 bits per heavy atom. The molecule has 2 aromatic carbocycles. The van der Waals surface area contributed by atoms with Crippen LogP contribution < -0.4 is 0 Å². The Bertz CT molecular complexity index is 993. The summed E-state index contributed by atoms with van der Waals surface area (Å²) < 4.78 is 68.1. The minimum absolute atomic E-state index is 0.00872. The van der Waals surface area contributed by atoms with Gasteiger partial charge >= 0.3 is 6.18 Å². The summed E-state index contributed by atoms with van der Waals surface area (Å²) in [6, 6.07) is 14.3. The summed E-state index contributed by atoms with van der Waals surface area (Å²) in [5.74, 6) is -2.54. The summed E-state index contributed by atoms with van der Waals surface area (Å²) in [4.78, 5) is 14.0. The van der Waals surface area contributed by atoms with Crippen LogP contribution in [-0.4, -0.2) is 42.6 Å². The van der Waals surface area contributed by atoms with Crippen molar-refractivity contribution in [1.82, 2.24) is 4.90 Å². The van der Waals surface area contributed by atoms with Crippen LogP contribution in [0.1, 0.15) is 18.4 Å². The molecule has 2 aromatic rings. The number of benzene rings is 2. The molecule has 0 spiro atoms. The van der Waals surface area contributed by atoms with Gasteiger partial charge in [-0.15, -0.1) is 0 Å². The molecule has 1 unspecified atom stereocenters. The Balaban J connectivity index is 1.78. The summed E-state index contributed by atoms with van der Waals surface area (Å²) in [7, 11) is -4.03. The number of sulfone groups is 1. The van der Waals surface area contributed by atoms with Crippen LogP contribution in [0.2, 0.25) is 0 Å². The highest BCUT2D eigenvalue weighted by atomic mass is 32.2. The molecule has 2 bridgehead atoms. The molecular weight excluding hydrogens is 403 g/mol. The Kier molecular flexibility index (Phi) is 5.02. The molecule has 4 nitrogen and oxygen atoms in total. The van der Waals surface area contributed by atoms with Gasteiger partial charge < -0.3 is 0 Å². The fraction of sp³-hybridized carbons (Fsp3) is 0.381. The molecule has 2 aliphatic rings. The zero-order valence-corrected chi connectivity index (χ0v) is 16.2. The molecule has 154 valence electrons. The number of hydrogen-bond donors (Lipinski definition) is 0. The highest BCUT2D eigenvalue weighted by molar-refractivity contribution is 7.92. The SMILES string of the molecule is O=C1CC(C(F)(F)F)[C@@H]2[C@@H](S(=O)(=O)c3ccccc3)C[C@H]1N2Cc1ccccc1. The molecule has 2 fully saturated rings. The maximum Gasteiger partial charge on any atom is 0.393 e. The van der Waals surface area contributed by atoms with Gasteiger partial charge in [0.05, 0.1) is 22.1 Å². The van der Waals surface area contributed by atoms with E-state index in [1.807, 2.05) is 0 Å². The lowest BCUT2D eigenvalue weighted by molar-refractivity contribution is -0.200. The Morgan fingerprint density at radius 2 is 1.55 bits per heavy atom. The van der Waals surface area contributed by atoms with Crippen LogP contribution in [0.25, 0.3) is 0 Å². The monoisotopic (exact) mass is 423 g/mol. The van der Waals surface area contributed by atoms with E-state index in [2.05, 4.69) is 0 Å². The number of nitrogens with zero attached hydrogens (tertiary/aromatic N) is 1. The Hall–Kier alpha value is -2.19. The Morgan fingerprint density at radius 3 is 2.14 bits per heavy atom. The minimum atomic E-state index is -4.66. The van der Waals surface area contributed by atoms with Gasteiger partial charge in [0.2, 0.25) is 0 Å². The minimum Gasteiger partial charge on any atom is -0.298 e. The zero-order chi connectivity index (χ0) is 20.8. The van der Waals surface area contributed by atoms with Gasteiger partial charge in [-0.25, -0.2) is 8.42 Å². The smallest absolute Gasteiger partial charge is 0.298 e. The molecule has 0 amide bonds. The number of alkyl halides is 3. The van der Waals surface area contributed by atoms with Crippen LogP contribution in [-0.2, 0) is 21.2 Å². The van der Waals surface area contributed by atoms with Gasteiger partial charge in [0.15, 0.2) is 15.6 Å². The van der Waals surface area contributed by atoms with Crippen molar-refractivity contribution in [1.29, 1.82) is 0 Å². The first-order valence-corrected chi connectivity index (χ1v) is 10.9. The maximum atomic E-state index is 13.9. The van der Waals surface area contributed by atoms with Gasteiger partial charge in [-0.1, -0.05) is 48.5 Å². The van der Waals surface area contributed by atoms with Crippen LogP contribution in [0, 0.1) is 5.92 Å². The Labute approximate surface area is 167 Å². The van der Waals surface area contributed by atoms with Crippen molar-refractivity contribution in [2.75, 3.05) is 0 Å². The topological polar surface area (TPSA) is 54.5 Å². The maximum absolute atomic E-state index is 13.9. The molecule has 0 aromatic heterocycles. The quantitative estimate of drug-likeness (QED) is 0.754. The van der Waals surface area contributed by atoms with Crippen molar-refractivity contribution in [3.05, 3.63) is 66.2 Å². The average molecular weight is 423 g/mol. The van der Waals surface area contributed by atoms with E-state index in [4.69, 9.17) is 0 Å². The van der Waals surface area contributed by atoms with Crippen molar-refractivity contribution >= 4 is 15.6 Å². The van der Waals surface area contributed by atoms with Gasteiger partial charge in [0, 0.05) is 19.0 Å². The summed E-state index contributed by atoms with van der Waals surface area (Å²) in [5, 5.41) is -1.28. The van der Waals surface area contributed by atoms with Gasteiger partial charge in [-0.2, -0.15) is 13.2 Å². The molecule has 2 aliphatic heterocycles.